The third kappa shape index (κ3) is 4.21. The molecule has 2 heterocycles. The minimum atomic E-state index is -0.225. The summed E-state index contributed by atoms with van der Waals surface area (Å²) in [4.78, 5) is 18.9. The quantitative estimate of drug-likeness (QED) is 0.781. The van der Waals surface area contributed by atoms with E-state index in [-0.39, 0.29) is 12.0 Å². The lowest BCUT2D eigenvalue weighted by molar-refractivity contribution is 0.102. The maximum Gasteiger partial charge on any atom is 0.257 e. The zero-order valence-electron chi connectivity index (χ0n) is 14.0. The summed E-state index contributed by atoms with van der Waals surface area (Å²) >= 11 is 6.04. The number of benzene rings is 1. The van der Waals surface area contributed by atoms with Gasteiger partial charge in [0, 0.05) is 32.0 Å². The molecule has 1 aliphatic rings. The van der Waals surface area contributed by atoms with Crippen molar-refractivity contribution in [3.63, 3.8) is 0 Å². The normalized spacial score (nSPS) is 15.1. The second-order valence-electron chi connectivity index (χ2n) is 6.02. The Hall–Kier alpha value is -2.31. The van der Waals surface area contributed by atoms with Gasteiger partial charge in [0.1, 0.15) is 5.82 Å². The van der Waals surface area contributed by atoms with Crippen LogP contribution in [0, 0.1) is 0 Å². The topological polar surface area (TPSA) is 77.5 Å². The van der Waals surface area contributed by atoms with Gasteiger partial charge < -0.3 is 20.6 Å². The van der Waals surface area contributed by atoms with Crippen LogP contribution < -0.4 is 15.5 Å². The van der Waals surface area contributed by atoms with Crippen LogP contribution in [0.2, 0.25) is 5.02 Å². The first-order valence-corrected chi connectivity index (χ1v) is 8.62. The van der Waals surface area contributed by atoms with E-state index >= 15 is 0 Å². The number of amides is 1. The van der Waals surface area contributed by atoms with E-state index in [4.69, 9.17) is 11.6 Å². The molecular formula is C18H21ClN4O2. The fraction of sp³-hybridized carbons (Fsp3) is 0.333. The Morgan fingerprint density at radius 1 is 1.28 bits per heavy atom. The molecule has 3 N–H and O–H groups in total. The highest BCUT2D eigenvalue weighted by Gasteiger charge is 2.18. The van der Waals surface area contributed by atoms with Gasteiger partial charge in [0.05, 0.1) is 22.4 Å². The van der Waals surface area contributed by atoms with E-state index in [2.05, 4.69) is 20.5 Å². The van der Waals surface area contributed by atoms with Gasteiger partial charge in [0.2, 0.25) is 0 Å². The van der Waals surface area contributed by atoms with Crippen molar-refractivity contribution in [2.75, 3.05) is 35.7 Å². The minimum Gasteiger partial charge on any atom is -0.393 e. The third-order valence-electron chi connectivity index (χ3n) is 4.29. The summed E-state index contributed by atoms with van der Waals surface area (Å²) in [6.45, 7) is 1.55. The molecule has 0 radical (unpaired) electrons. The van der Waals surface area contributed by atoms with Crippen molar-refractivity contribution in [1.29, 1.82) is 0 Å². The maximum atomic E-state index is 12.4. The lowest BCUT2D eigenvalue weighted by atomic mass is 10.1. The molecule has 7 heteroatoms. The zero-order valence-corrected chi connectivity index (χ0v) is 14.8. The van der Waals surface area contributed by atoms with E-state index in [0.717, 1.165) is 37.4 Å². The van der Waals surface area contributed by atoms with E-state index in [9.17, 15) is 9.90 Å². The predicted octanol–water partition coefficient (Wildman–Crippen LogP) is 2.99. The molecule has 3 rings (SSSR count). The number of piperidine rings is 1. The van der Waals surface area contributed by atoms with Gasteiger partial charge >= 0.3 is 0 Å². The van der Waals surface area contributed by atoms with E-state index in [1.807, 2.05) is 6.07 Å². The standard InChI is InChI=1S/C18H21ClN4O2/c1-20-16-10-13(3-4-15(16)19)22-18(25)12-2-5-17(21-11-12)23-8-6-14(24)7-9-23/h2-5,10-11,14,20,24H,6-9H2,1H3,(H,22,25). The van der Waals surface area contributed by atoms with Crippen LogP contribution in [-0.4, -0.2) is 42.2 Å². The van der Waals surface area contributed by atoms with Crippen LogP contribution in [0.4, 0.5) is 17.2 Å². The lowest BCUT2D eigenvalue weighted by Crippen LogP contribution is -2.36. The number of anilines is 3. The van der Waals surface area contributed by atoms with E-state index in [1.54, 1.807) is 37.5 Å². The number of carbonyl (C=O) groups is 1. The summed E-state index contributed by atoms with van der Waals surface area (Å²) in [7, 11) is 1.77. The summed E-state index contributed by atoms with van der Waals surface area (Å²) in [5, 5.41) is 16.0. The summed E-state index contributed by atoms with van der Waals surface area (Å²) in [6, 6.07) is 8.86. The molecule has 1 fully saturated rings. The second kappa shape index (κ2) is 7.72. The van der Waals surface area contributed by atoms with Crippen molar-refractivity contribution in [2.24, 2.45) is 0 Å². The van der Waals surface area contributed by atoms with Crippen LogP contribution in [-0.2, 0) is 0 Å². The van der Waals surface area contributed by atoms with Crippen molar-refractivity contribution in [3.8, 4) is 0 Å². The summed E-state index contributed by atoms with van der Waals surface area (Å²) in [6.07, 6.45) is 2.84. The highest BCUT2D eigenvalue weighted by Crippen LogP contribution is 2.25. The molecule has 6 nitrogen and oxygen atoms in total. The van der Waals surface area contributed by atoms with Crippen LogP contribution in [0.5, 0.6) is 0 Å². The molecule has 1 amide bonds. The second-order valence-corrected chi connectivity index (χ2v) is 6.43. The predicted molar refractivity (Wildman–Crippen MR) is 101 cm³/mol. The first-order chi connectivity index (χ1) is 12.1. The molecule has 2 aromatic rings. The smallest absolute Gasteiger partial charge is 0.257 e. The molecule has 0 bridgehead atoms. The van der Waals surface area contributed by atoms with E-state index < -0.39 is 0 Å². The first kappa shape index (κ1) is 17.5. The highest BCUT2D eigenvalue weighted by molar-refractivity contribution is 6.33. The van der Waals surface area contributed by atoms with Crippen molar-refractivity contribution < 1.29 is 9.90 Å². The molecule has 132 valence electrons. The minimum absolute atomic E-state index is 0.219. The van der Waals surface area contributed by atoms with Crippen LogP contribution >= 0.6 is 11.6 Å². The molecule has 1 saturated heterocycles. The number of pyridine rings is 1. The number of rotatable bonds is 4. The molecule has 0 spiro atoms. The maximum absolute atomic E-state index is 12.4. The largest absolute Gasteiger partial charge is 0.393 e. The average molecular weight is 361 g/mol. The Morgan fingerprint density at radius 3 is 2.68 bits per heavy atom. The number of halogens is 1. The Labute approximate surface area is 151 Å². The monoisotopic (exact) mass is 360 g/mol. The number of aliphatic hydroxyl groups excluding tert-OH is 1. The number of nitrogens with one attached hydrogen (secondary N) is 2. The van der Waals surface area contributed by atoms with Crippen LogP contribution in [0.25, 0.3) is 0 Å². The van der Waals surface area contributed by atoms with E-state index in [0.29, 0.717) is 16.3 Å². The van der Waals surface area contributed by atoms with Crippen LogP contribution in [0.15, 0.2) is 36.5 Å². The Balaban J connectivity index is 1.66. The lowest BCUT2D eigenvalue weighted by Gasteiger charge is -2.30. The number of carbonyl (C=O) groups excluding carboxylic acids is 1. The number of hydrogen-bond donors (Lipinski definition) is 3. The number of hydrogen-bond acceptors (Lipinski definition) is 5. The number of aliphatic hydroxyl groups is 1. The molecule has 0 unspecified atom stereocenters. The van der Waals surface area contributed by atoms with Crippen LogP contribution in [0.3, 0.4) is 0 Å². The van der Waals surface area contributed by atoms with Gasteiger partial charge in [0.25, 0.3) is 5.91 Å². The molecule has 1 aromatic heterocycles. The zero-order chi connectivity index (χ0) is 17.8. The average Bonchev–Trinajstić information content (AvgIpc) is 2.64. The van der Waals surface area contributed by atoms with Gasteiger partial charge in [-0.25, -0.2) is 4.98 Å². The highest BCUT2D eigenvalue weighted by atomic mass is 35.5. The Kier molecular flexibility index (Phi) is 5.40. The Morgan fingerprint density at radius 2 is 2.04 bits per heavy atom. The number of nitrogens with zero attached hydrogens (tertiary/aromatic N) is 2. The van der Waals surface area contributed by atoms with Crippen molar-refractivity contribution in [1.82, 2.24) is 4.98 Å². The fourth-order valence-corrected chi connectivity index (χ4v) is 3.01. The number of aromatic nitrogens is 1. The summed E-state index contributed by atoms with van der Waals surface area (Å²) in [5.41, 5.74) is 1.90. The van der Waals surface area contributed by atoms with Crippen molar-refractivity contribution in [2.45, 2.75) is 18.9 Å². The Bertz CT molecular complexity index is 743. The van der Waals surface area contributed by atoms with Crippen LogP contribution in [0.1, 0.15) is 23.2 Å². The summed E-state index contributed by atoms with van der Waals surface area (Å²) in [5.74, 6) is 0.602. The van der Waals surface area contributed by atoms with Gasteiger partial charge in [-0.2, -0.15) is 0 Å². The van der Waals surface area contributed by atoms with Gasteiger partial charge in [-0.05, 0) is 43.2 Å². The van der Waals surface area contributed by atoms with Crippen molar-refractivity contribution in [3.05, 3.63) is 47.1 Å². The van der Waals surface area contributed by atoms with Gasteiger partial charge in [-0.3, -0.25) is 4.79 Å². The van der Waals surface area contributed by atoms with E-state index in [1.165, 1.54) is 0 Å². The first-order valence-electron chi connectivity index (χ1n) is 8.24. The SMILES string of the molecule is CNc1cc(NC(=O)c2ccc(N3CCC(O)CC3)nc2)ccc1Cl. The van der Waals surface area contributed by atoms with Gasteiger partial charge in [0.15, 0.2) is 0 Å². The van der Waals surface area contributed by atoms with Crippen molar-refractivity contribution >= 4 is 34.7 Å². The van der Waals surface area contributed by atoms with Gasteiger partial charge in [-0.15, -0.1) is 0 Å². The third-order valence-corrected chi connectivity index (χ3v) is 4.62. The molecule has 0 saturated carbocycles. The molecule has 0 atom stereocenters. The molecule has 1 aliphatic heterocycles. The fourth-order valence-electron chi connectivity index (χ4n) is 2.80. The molecule has 1 aromatic carbocycles. The molecular weight excluding hydrogens is 340 g/mol. The molecule has 0 aliphatic carbocycles. The summed E-state index contributed by atoms with van der Waals surface area (Å²) < 4.78 is 0. The van der Waals surface area contributed by atoms with Gasteiger partial charge in [-0.1, -0.05) is 11.6 Å². The molecule has 25 heavy (non-hydrogen) atoms.